The van der Waals surface area contributed by atoms with Crippen LogP contribution >= 0.6 is 34.5 Å². The molecule has 2 aromatic rings. The molecule has 0 saturated heterocycles. The molecule has 0 aliphatic carbocycles. The summed E-state index contributed by atoms with van der Waals surface area (Å²) in [7, 11) is -3.83. The fraction of sp³-hybridized carbons (Fsp3) is 0. The van der Waals surface area contributed by atoms with Crippen LogP contribution in [-0.2, 0) is 10.0 Å². The molecule has 0 bridgehead atoms. The average Bonchev–Trinajstić information content (AvgIpc) is 2.62. The highest BCUT2D eigenvalue weighted by molar-refractivity contribution is 7.94. The van der Waals surface area contributed by atoms with Gasteiger partial charge in [0.2, 0.25) is 5.13 Å². The molecule has 0 saturated carbocycles. The van der Waals surface area contributed by atoms with Crippen molar-refractivity contribution in [3.8, 4) is 0 Å². The largest absolute Gasteiger partial charge is 0.374 e. The number of nitrogens with two attached hydrogens (primary N) is 1. The van der Waals surface area contributed by atoms with Crippen LogP contribution in [0.15, 0.2) is 22.5 Å². The average molecular weight is 325 g/mol. The Bertz CT molecular complexity index is 666. The molecule has 0 fully saturated rings. The predicted octanol–water partition coefficient (Wildman–Crippen LogP) is 2.23. The lowest BCUT2D eigenvalue weighted by molar-refractivity contribution is 0.599. The van der Waals surface area contributed by atoms with Gasteiger partial charge in [-0.3, -0.25) is 4.72 Å². The van der Waals surface area contributed by atoms with E-state index >= 15 is 0 Å². The number of benzene rings is 1. The molecule has 18 heavy (non-hydrogen) atoms. The van der Waals surface area contributed by atoms with Crippen LogP contribution in [0.4, 0.5) is 10.8 Å². The van der Waals surface area contributed by atoms with Crippen molar-refractivity contribution in [2.45, 2.75) is 4.34 Å². The minimum absolute atomic E-state index is 0.0690. The van der Waals surface area contributed by atoms with Gasteiger partial charge in [-0.1, -0.05) is 34.5 Å². The number of hydrogen-bond acceptors (Lipinski definition) is 6. The number of rotatable bonds is 3. The van der Waals surface area contributed by atoms with Crippen LogP contribution in [0.25, 0.3) is 0 Å². The highest BCUT2D eigenvalue weighted by Crippen LogP contribution is 2.25. The van der Waals surface area contributed by atoms with Crippen LogP contribution < -0.4 is 10.5 Å². The second kappa shape index (κ2) is 4.88. The number of nitrogens with zero attached hydrogens (tertiary/aromatic N) is 2. The Morgan fingerprint density at radius 2 is 1.78 bits per heavy atom. The molecule has 1 aromatic carbocycles. The van der Waals surface area contributed by atoms with Crippen molar-refractivity contribution in [3.05, 3.63) is 28.2 Å². The van der Waals surface area contributed by atoms with Gasteiger partial charge in [-0.2, -0.15) is 8.42 Å². The molecule has 0 aliphatic heterocycles. The SMILES string of the molecule is Nc1nnc(S(=O)(=O)Nc2cc(Cl)cc(Cl)c2)s1. The summed E-state index contributed by atoms with van der Waals surface area (Å²) in [4.78, 5) is 0. The van der Waals surface area contributed by atoms with Crippen LogP contribution in [0.5, 0.6) is 0 Å². The van der Waals surface area contributed by atoms with Gasteiger partial charge >= 0.3 is 0 Å². The highest BCUT2D eigenvalue weighted by atomic mass is 35.5. The monoisotopic (exact) mass is 324 g/mol. The van der Waals surface area contributed by atoms with Crippen LogP contribution in [0.2, 0.25) is 10.0 Å². The first-order valence-corrected chi connectivity index (χ1v) is 7.50. The minimum Gasteiger partial charge on any atom is -0.374 e. The van der Waals surface area contributed by atoms with Gasteiger partial charge in [-0.25, -0.2) is 0 Å². The molecule has 1 aromatic heterocycles. The maximum atomic E-state index is 11.9. The summed E-state index contributed by atoms with van der Waals surface area (Å²) in [5, 5.41) is 7.59. The number of nitrogens with one attached hydrogen (secondary N) is 1. The normalized spacial score (nSPS) is 11.4. The molecule has 0 unspecified atom stereocenters. The first-order chi connectivity index (χ1) is 8.37. The van der Waals surface area contributed by atoms with E-state index in [0.29, 0.717) is 10.0 Å². The zero-order valence-electron chi connectivity index (χ0n) is 8.59. The summed E-state index contributed by atoms with van der Waals surface area (Å²) in [6, 6.07) is 4.34. The second-order valence-corrected chi connectivity index (χ2v) is 6.91. The summed E-state index contributed by atoms with van der Waals surface area (Å²) in [6.45, 7) is 0. The Balaban J connectivity index is 2.33. The quantitative estimate of drug-likeness (QED) is 0.902. The van der Waals surface area contributed by atoms with E-state index in [2.05, 4.69) is 14.9 Å². The van der Waals surface area contributed by atoms with E-state index in [4.69, 9.17) is 28.9 Å². The van der Waals surface area contributed by atoms with Crippen molar-refractivity contribution in [1.82, 2.24) is 10.2 Å². The lowest BCUT2D eigenvalue weighted by atomic mass is 10.3. The van der Waals surface area contributed by atoms with Crippen LogP contribution in [0.1, 0.15) is 0 Å². The van der Waals surface area contributed by atoms with E-state index in [1.54, 1.807) is 0 Å². The fourth-order valence-electron chi connectivity index (χ4n) is 1.14. The van der Waals surface area contributed by atoms with Crippen LogP contribution in [0, 0.1) is 0 Å². The third-order valence-corrected chi connectivity index (χ3v) is 4.70. The van der Waals surface area contributed by atoms with Crippen molar-refractivity contribution in [2.75, 3.05) is 10.5 Å². The van der Waals surface area contributed by atoms with Crippen molar-refractivity contribution < 1.29 is 8.42 Å². The number of anilines is 2. The number of nitrogen functional groups attached to an aromatic ring is 1. The van der Waals surface area contributed by atoms with Gasteiger partial charge < -0.3 is 5.73 Å². The molecule has 1 heterocycles. The maximum absolute atomic E-state index is 11.9. The first kappa shape index (κ1) is 13.3. The van der Waals surface area contributed by atoms with E-state index < -0.39 is 10.0 Å². The Labute approximate surface area is 117 Å². The molecule has 0 spiro atoms. The lowest BCUT2D eigenvalue weighted by Crippen LogP contribution is -2.12. The predicted molar refractivity (Wildman–Crippen MR) is 71.6 cm³/mol. The zero-order chi connectivity index (χ0) is 13.3. The summed E-state index contributed by atoms with van der Waals surface area (Å²) in [5.74, 6) is 0. The van der Waals surface area contributed by atoms with Crippen molar-refractivity contribution in [3.63, 3.8) is 0 Å². The molecule has 3 N–H and O–H groups in total. The van der Waals surface area contributed by atoms with E-state index in [1.165, 1.54) is 18.2 Å². The third-order valence-electron chi connectivity index (χ3n) is 1.77. The summed E-state index contributed by atoms with van der Waals surface area (Å²) in [6.07, 6.45) is 0. The highest BCUT2D eigenvalue weighted by Gasteiger charge is 2.19. The molecule has 2 rings (SSSR count). The second-order valence-electron chi connectivity index (χ2n) is 3.17. The maximum Gasteiger partial charge on any atom is 0.291 e. The summed E-state index contributed by atoms with van der Waals surface area (Å²) < 4.78 is 25.8. The third kappa shape index (κ3) is 3.02. The first-order valence-electron chi connectivity index (χ1n) is 4.45. The molecular formula is C8H6Cl2N4O2S2. The lowest BCUT2D eigenvalue weighted by Gasteiger charge is -2.05. The number of aromatic nitrogens is 2. The minimum atomic E-state index is -3.83. The molecule has 6 nitrogen and oxygen atoms in total. The van der Waals surface area contributed by atoms with E-state index in [0.717, 1.165) is 11.3 Å². The molecule has 10 heteroatoms. The number of halogens is 2. The molecule has 0 amide bonds. The Hall–Kier alpha value is -1.09. The van der Waals surface area contributed by atoms with Gasteiger partial charge in [0.15, 0.2) is 0 Å². The van der Waals surface area contributed by atoms with Crippen LogP contribution in [-0.4, -0.2) is 18.6 Å². The molecule has 0 atom stereocenters. The number of hydrogen-bond donors (Lipinski definition) is 2. The topological polar surface area (TPSA) is 98.0 Å². The molecule has 0 radical (unpaired) electrons. The summed E-state index contributed by atoms with van der Waals surface area (Å²) in [5.41, 5.74) is 5.56. The summed E-state index contributed by atoms with van der Waals surface area (Å²) >= 11 is 12.3. The van der Waals surface area contributed by atoms with E-state index in [-0.39, 0.29) is 15.2 Å². The Morgan fingerprint density at radius 3 is 2.28 bits per heavy atom. The van der Waals surface area contributed by atoms with Crippen molar-refractivity contribution >= 4 is 55.4 Å². The fourth-order valence-corrected chi connectivity index (χ4v) is 3.49. The standard InChI is InChI=1S/C8H6Cl2N4O2S2/c9-4-1-5(10)3-6(2-4)14-18(15,16)8-13-12-7(11)17-8/h1-3,14H,(H2,11,12). The Kier molecular flexibility index (Phi) is 3.62. The van der Waals surface area contributed by atoms with Crippen molar-refractivity contribution in [1.29, 1.82) is 0 Å². The molecule has 96 valence electrons. The zero-order valence-corrected chi connectivity index (χ0v) is 11.7. The van der Waals surface area contributed by atoms with Gasteiger partial charge in [0.1, 0.15) is 0 Å². The van der Waals surface area contributed by atoms with E-state index in [1.807, 2.05) is 0 Å². The Morgan fingerprint density at radius 1 is 1.17 bits per heavy atom. The van der Waals surface area contributed by atoms with Gasteiger partial charge in [0, 0.05) is 10.0 Å². The smallest absolute Gasteiger partial charge is 0.291 e. The van der Waals surface area contributed by atoms with Gasteiger partial charge in [-0.05, 0) is 18.2 Å². The van der Waals surface area contributed by atoms with Crippen LogP contribution in [0.3, 0.4) is 0 Å². The van der Waals surface area contributed by atoms with Gasteiger partial charge in [-0.15, -0.1) is 10.2 Å². The molecule has 0 aliphatic rings. The van der Waals surface area contributed by atoms with Gasteiger partial charge in [0.05, 0.1) is 5.69 Å². The van der Waals surface area contributed by atoms with Gasteiger partial charge in [0.25, 0.3) is 14.4 Å². The van der Waals surface area contributed by atoms with Crippen molar-refractivity contribution in [2.24, 2.45) is 0 Å². The molecular weight excluding hydrogens is 319 g/mol. The van der Waals surface area contributed by atoms with E-state index in [9.17, 15) is 8.42 Å². The number of sulfonamides is 1.